The van der Waals surface area contributed by atoms with Gasteiger partial charge in [-0.25, -0.2) is 9.97 Å². The number of rotatable bonds is 4. The molecular weight excluding hydrogens is 396 g/mol. The molecule has 0 radical (unpaired) electrons. The van der Waals surface area contributed by atoms with Crippen molar-refractivity contribution >= 4 is 22.4 Å². The predicted octanol–water partition coefficient (Wildman–Crippen LogP) is 6.44. The summed E-state index contributed by atoms with van der Waals surface area (Å²) in [5.41, 5.74) is 4.58. The molecule has 0 bridgehead atoms. The lowest BCUT2D eigenvalue weighted by molar-refractivity contribution is 0.415. The normalized spacial score (nSPS) is 11.8. The SMILES string of the molecule is COc1ccc(-c2nc3c4ccccc4nc(-c4ccccc4)n3c2NC(C)(C)C)cc1. The average molecular weight is 423 g/mol. The van der Waals surface area contributed by atoms with Gasteiger partial charge in [0.05, 0.1) is 12.6 Å². The average Bonchev–Trinajstić information content (AvgIpc) is 3.17. The summed E-state index contributed by atoms with van der Waals surface area (Å²) in [6, 6.07) is 26.5. The highest BCUT2D eigenvalue weighted by atomic mass is 16.5. The van der Waals surface area contributed by atoms with Crippen molar-refractivity contribution in [2.24, 2.45) is 0 Å². The molecule has 0 fully saturated rings. The van der Waals surface area contributed by atoms with E-state index in [4.69, 9.17) is 14.7 Å². The van der Waals surface area contributed by atoms with Gasteiger partial charge in [-0.3, -0.25) is 4.40 Å². The first kappa shape index (κ1) is 20.1. The molecule has 5 rings (SSSR count). The number of ether oxygens (including phenoxy) is 1. The molecule has 0 saturated carbocycles. The van der Waals surface area contributed by atoms with Crippen LogP contribution in [-0.4, -0.2) is 27.0 Å². The van der Waals surface area contributed by atoms with Gasteiger partial charge < -0.3 is 10.1 Å². The van der Waals surface area contributed by atoms with Crippen molar-refractivity contribution in [3.05, 3.63) is 78.9 Å². The van der Waals surface area contributed by atoms with E-state index in [9.17, 15) is 0 Å². The maximum atomic E-state index is 5.36. The van der Waals surface area contributed by atoms with Gasteiger partial charge in [-0.2, -0.15) is 0 Å². The van der Waals surface area contributed by atoms with Crippen LogP contribution in [0.3, 0.4) is 0 Å². The highest BCUT2D eigenvalue weighted by Gasteiger charge is 2.23. The summed E-state index contributed by atoms with van der Waals surface area (Å²) in [4.78, 5) is 10.2. The Hall–Kier alpha value is -3.86. The lowest BCUT2D eigenvalue weighted by Crippen LogP contribution is -2.27. The van der Waals surface area contributed by atoms with Crippen molar-refractivity contribution in [3.63, 3.8) is 0 Å². The largest absolute Gasteiger partial charge is 0.497 e. The van der Waals surface area contributed by atoms with Gasteiger partial charge in [0, 0.05) is 22.1 Å². The molecule has 32 heavy (non-hydrogen) atoms. The van der Waals surface area contributed by atoms with E-state index in [1.807, 2.05) is 60.7 Å². The molecule has 0 amide bonds. The molecule has 5 aromatic rings. The number of benzene rings is 3. The molecule has 2 aromatic heterocycles. The number of methoxy groups -OCH3 is 1. The van der Waals surface area contributed by atoms with Crippen LogP contribution in [0.1, 0.15) is 20.8 Å². The van der Waals surface area contributed by atoms with E-state index < -0.39 is 0 Å². The van der Waals surface area contributed by atoms with Gasteiger partial charge in [-0.15, -0.1) is 0 Å². The molecule has 2 heterocycles. The maximum Gasteiger partial charge on any atom is 0.150 e. The van der Waals surface area contributed by atoms with E-state index in [0.29, 0.717) is 0 Å². The number of fused-ring (bicyclic) bond motifs is 3. The number of hydrogen-bond donors (Lipinski definition) is 1. The summed E-state index contributed by atoms with van der Waals surface area (Å²) in [6.45, 7) is 6.46. The molecule has 0 spiro atoms. The topological polar surface area (TPSA) is 51.5 Å². The van der Waals surface area contributed by atoms with Gasteiger partial charge in [-0.1, -0.05) is 42.5 Å². The molecule has 5 heteroatoms. The zero-order chi connectivity index (χ0) is 22.3. The Balaban J connectivity index is 1.90. The smallest absolute Gasteiger partial charge is 0.150 e. The van der Waals surface area contributed by atoms with E-state index in [2.05, 4.69) is 48.7 Å². The molecule has 0 saturated heterocycles. The molecule has 0 unspecified atom stereocenters. The summed E-state index contributed by atoms with van der Waals surface area (Å²) in [5, 5.41) is 4.72. The second-order valence-electron chi connectivity index (χ2n) is 8.89. The van der Waals surface area contributed by atoms with Crippen molar-refractivity contribution in [3.8, 4) is 28.4 Å². The first-order valence-electron chi connectivity index (χ1n) is 10.7. The van der Waals surface area contributed by atoms with Crippen LogP contribution in [0.5, 0.6) is 5.75 Å². The summed E-state index contributed by atoms with van der Waals surface area (Å²) in [7, 11) is 1.68. The second kappa shape index (κ2) is 7.68. The number of nitrogens with one attached hydrogen (secondary N) is 1. The Labute approximate surface area is 187 Å². The Morgan fingerprint density at radius 1 is 0.781 bits per heavy atom. The number of imidazole rings is 1. The Bertz CT molecular complexity index is 1400. The number of aromatic nitrogens is 3. The highest BCUT2D eigenvalue weighted by molar-refractivity contribution is 5.96. The van der Waals surface area contributed by atoms with Gasteiger partial charge in [0.15, 0.2) is 0 Å². The lowest BCUT2D eigenvalue weighted by atomic mass is 10.1. The third kappa shape index (κ3) is 3.56. The van der Waals surface area contributed by atoms with Crippen molar-refractivity contribution < 1.29 is 4.74 Å². The Morgan fingerprint density at radius 2 is 1.47 bits per heavy atom. The minimum absolute atomic E-state index is 0.170. The molecule has 160 valence electrons. The van der Waals surface area contributed by atoms with Gasteiger partial charge >= 0.3 is 0 Å². The minimum Gasteiger partial charge on any atom is -0.497 e. The molecule has 0 aliphatic carbocycles. The van der Waals surface area contributed by atoms with Crippen molar-refractivity contribution in [2.45, 2.75) is 26.3 Å². The van der Waals surface area contributed by atoms with Crippen LogP contribution in [0.25, 0.3) is 39.2 Å². The summed E-state index contributed by atoms with van der Waals surface area (Å²) in [6.07, 6.45) is 0. The van der Waals surface area contributed by atoms with Crippen LogP contribution in [0.15, 0.2) is 78.9 Å². The van der Waals surface area contributed by atoms with Gasteiger partial charge in [-0.05, 0) is 57.2 Å². The molecule has 3 aromatic carbocycles. The molecular formula is C27H26N4O. The number of anilines is 1. The fourth-order valence-corrected chi connectivity index (χ4v) is 3.93. The van der Waals surface area contributed by atoms with E-state index in [0.717, 1.165) is 50.8 Å². The van der Waals surface area contributed by atoms with Crippen LogP contribution >= 0.6 is 0 Å². The maximum absolute atomic E-state index is 5.36. The van der Waals surface area contributed by atoms with Gasteiger partial charge in [0.25, 0.3) is 0 Å². The molecule has 0 aliphatic rings. The van der Waals surface area contributed by atoms with Crippen molar-refractivity contribution in [1.29, 1.82) is 0 Å². The van der Waals surface area contributed by atoms with E-state index in [-0.39, 0.29) is 5.54 Å². The number of hydrogen-bond acceptors (Lipinski definition) is 4. The third-order valence-electron chi connectivity index (χ3n) is 5.35. The fourth-order valence-electron chi connectivity index (χ4n) is 3.93. The summed E-state index contributed by atoms with van der Waals surface area (Å²) >= 11 is 0. The van der Waals surface area contributed by atoms with Gasteiger partial charge in [0.1, 0.15) is 28.7 Å². The van der Waals surface area contributed by atoms with Crippen LogP contribution in [0, 0.1) is 0 Å². The third-order valence-corrected chi connectivity index (χ3v) is 5.35. The monoisotopic (exact) mass is 422 g/mol. The molecule has 0 aliphatic heterocycles. The molecule has 0 atom stereocenters. The highest BCUT2D eigenvalue weighted by Crippen LogP contribution is 2.36. The predicted molar refractivity (Wildman–Crippen MR) is 131 cm³/mol. The Kier molecular flexibility index (Phi) is 4.82. The molecule has 5 nitrogen and oxygen atoms in total. The van der Waals surface area contributed by atoms with Gasteiger partial charge in [0.2, 0.25) is 0 Å². The summed E-state index contributed by atoms with van der Waals surface area (Å²) in [5.74, 6) is 2.60. The number of para-hydroxylation sites is 1. The summed E-state index contributed by atoms with van der Waals surface area (Å²) < 4.78 is 7.51. The van der Waals surface area contributed by atoms with E-state index in [1.165, 1.54) is 0 Å². The van der Waals surface area contributed by atoms with Crippen LogP contribution in [-0.2, 0) is 0 Å². The zero-order valence-electron chi connectivity index (χ0n) is 18.8. The van der Waals surface area contributed by atoms with E-state index in [1.54, 1.807) is 7.11 Å². The lowest BCUT2D eigenvalue weighted by Gasteiger charge is -2.23. The van der Waals surface area contributed by atoms with Crippen LogP contribution in [0.2, 0.25) is 0 Å². The zero-order valence-corrected chi connectivity index (χ0v) is 18.8. The quantitative estimate of drug-likeness (QED) is 0.362. The van der Waals surface area contributed by atoms with Crippen LogP contribution in [0.4, 0.5) is 5.82 Å². The van der Waals surface area contributed by atoms with Crippen molar-refractivity contribution in [2.75, 3.05) is 12.4 Å². The van der Waals surface area contributed by atoms with Crippen molar-refractivity contribution in [1.82, 2.24) is 14.4 Å². The number of nitrogens with zero attached hydrogens (tertiary/aromatic N) is 3. The first-order valence-corrected chi connectivity index (χ1v) is 10.7. The van der Waals surface area contributed by atoms with E-state index >= 15 is 0 Å². The fraction of sp³-hybridized carbons (Fsp3) is 0.185. The molecule has 1 N–H and O–H groups in total. The standard InChI is InChI=1S/C27H26N4O/c1-27(2,3)30-26-23(18-14-16-20(32-4)17-15-18)29-25-21-12-8-9-13-22(21)28-24(31(25)26)19-10-6-5-7-11-19/h5-17,30H,1-4H3. The van der Waals surface area contributed by atoms with Crippen LogP contribution < -0.4 is 10.1 Å². The minimum atomic E-state index is -0.170. The Morgan fingerprint density at radius 3 is 2.16 bits per heavy atom. The second-order valence-corrected chi connectivity index (χ2v) is 8.89. The first-order chi connectivity index (χ1) is 15.4.